The fourth-order valence-corrected chi connectivity index (χ4v) is 9.26. The van der Waals surface area contributed by atoms with E-state index < -0.39 is 0 Å². The standard InChI is InChI=1S/C47H40N4/c1-45(2)38-16-10-7-13-32(38)35-22-19-29(25-41(35)45)44-48-50(30-20-23-36-33-14-8-11-17-39(33)46(3,4)42(36)26-30)28-51(49-44)31-21-24-37-34-15-9-12-18-40(34)47(5,6)43(37)27-31/h7-28H,1-6H3/q+2. The molecule has 1 aromatic heterocycles. The van der Waals surface area contributed by atoms with Crippen LogP contribution in [0.3, 0.4) is 0 Å². The molecule has 0 amide bonds. The van der Waals surface area contributed by atoms with Crippen molar-refractivity contribution in [1.82, 2.24) is 10.2 Å². The minimum Gasteiger partial charge on any atom is -0.0619 e. The highest BCUT2D eigenvalue weighted by molar-refractivity contribution is 5.84. The maximum Gasteiger partial charge on any atom is 0.469 e. The van der Waals surface area contributed by atoms with E-state index in [9.17, 15) is 0 Å². The van der Waals surface area contributed by atoms with Gasteiger partial charge in [-0.1, -0.05) is 126 Å². The summed E-state index contributed by atoms with van der Waals surface area (Å²) in [4.78, 5) is 0. The summed E-state index contributed by atoms with van der Waals surface area (Å²) in [6.07, 6.45) is 2.03. The highest BCUT2D eigenvalue weighted by Gasteiger charge is 2.40. The maximum atomic E-state index is 5.26. The number of nitrogens with zero attached hydrogens (tertiary/aromatic N) is 4. The van der Waals surface area contributed by atoms with E-state index in [1.807, 2.05) is 15.7 Å². The smallest absolute Gasteiger partial charge is 0.0619 e. The molecular formula is C47H40N4+2. The summed E-state index contributed by atoms with van der Waals surface area (Å²) in [5, 5.41) is 10.5. The minimum atomic E-state index is -0.121. The molecule has 51 heavy (non-hydrogen) atoms. The number of hydrogen-bond acceptors (Lipinski definition) is 2. The summed E-state index contributed by atoms with van der Waals surface area (Å²) >= 11 is 0. The number of fused-ring (bicyclic) bond motifs is 9. The van der Waals surface area contributed by atoms with Gasteiger partial charge in [-0.15, -0.1) is 0 Å². The van der Waals surface area contributed by atoms with Gasteiger partial charge >= 0.3 is 6.33 Å². The molecule has 0 aliphatic heterocycles. The summed E-state index contributed by atoms with van der Waals surface area (Å²) in [5.74, 6) is 0.679. The first-order valence-corrected chi connectivity index (χ1v) is 18.0. The van der Waals surface area contributed by atoms with Gasteiger partial charge in [0, 0.05) is 65.6 Å². The van der Waals surface area contributed by atoms with Crippen molar-refractivity contribution in [1.29, 1.82) is 0 Å². The molecule has 10 rings (SSSR count). The molecule has 4 nitrogen and oxygen atoms in total. The van der Waals surface area contributed by atoms with Crippen molar-refractivity contribution in [3.63, 3.8) is 0 Å². The third-order valence-electron chi connectivity index (χ3n) is 12.1. The highest BCUT2D eigenvalue weighted by atomic mass is 15.4. The van der Waals surface area contributed by atoms with Gasteiger partial charge < -0.3 is 0 Å². The van der Waals surface area contributed by atoms with Gasteiger partial charge in [0.05, 0.1) is 0 Å². The van der Waals surface area contributed by atoms with Gasteiger partial charge in [0.1, 0.15) is 0 Å². The van der Waals surface area contributed by atoms with E-state index in [0.29, 0.717) is 5.82 Å². The second kappa shape index (κ2) is 10.2. The van der Waals surface area contributed by atoms with Crippen LogP contribution < -0.4 is 9.36 Å². The van der Waals surface area contributed by atoms with Crippen LogP contribution in [0, 0.1) is 0 Å². The first kappa shape index (κ1) is 30.1. The fraction of sp³-hybridized carbons (Fsp3) is 0.191. The number of aromatic nitrogens is 4. The summed E-state index contributed by atoms with van der Waals surface area (Å²) in [6, 6.07) is 46.7. The normalized spacial score (nSPS) is 16.1. The van der Waals surface area contributed by atoms with Crippen LogP contribution in [0.15, 0.2) is 134 Å². The molecule has 0 spiro atoms. The van der Waals surface area contributed by atoms with Crippen LogP contribution in [0.1, 0.15) is 74.9 Å². The summed E-state index contributed by atoms with van der Waals surface area (Å²) in [5.41, 5.74) is 18.5. The van der Waals surface area contributed by atoms with Crippen molar-refractivity contribution >= 4 is 0 Å². The topological polar surface area (TPSA) is 33.5 Å². The van der Waals surface area contributed by atoms with Crippen molar-refractivity contribution in [2.45, 2.75) is 57.8 Å². The molecule has 0 bridgehead atoms. The average Bonchev–Trinajstić information content (AvgIpc) is 3.64. The van der Waals surface area contributed by atoms with Crippen LogP contribution in [-0.2, 0) is 16.2 Å². The van der Waals surface area contributed by atoms with Gasteiger partial charge in [-0.3, -0.25) is 0 Å². The van der Waals surface area contributed by atoms with Crippen molar-refractivity contribution in [2.24, 2.45) is 0 Å². The van der Waals surface area contributed by atoms with Gasteiger partial charge in [0.2, 0.25) is 11.4 Å². The van der Waals surface area contributed by atoms with Crippen molar-refractivity contribution in [2.75, 3.05) is 0 Å². The van der Waals surface area contributed by atoms with E-state index in [2.05, 4.69) is 169 Å². The predicted octanol–water partition coefficient (Wildman–Crippen LogP) is 9.62. The predicted molar refractivity (Wildman–Crippen MR) is 203 cm³/mol. The van der Waals surface area contributed by atoms with Crippen molar-refractivity contribution < 1.29 is 9.36 Å². The Balaban J connectivity index is 1.16. The summed E-state index contributed by atoms with van der Waals surface area (Å²) < 4.78 is 4.03. The van der Waals surface area contributed by atoms with E-state index in [0.717, 1.165) is 16.9 Å². The average molecular weight is 661 g/mol. The molecule has 6 aromatic carbocycles. The van der Waals surface area contributed by atoms with E-state index in [1.54, 1.807) is 0 Å². The van der Waals surface area contributed by atoms with E-state index in [4.69, 9.17) is 10.2 Å². The van der Waals surface area contributed by atoms with Gasteiger partial charge in [-0.05, 0) is 85.0 Å². The monoisotopic (exact) mass is 660 g/mol. The van der Waals surface area contributed by atoms with Gasteiger partial charge in [-0.25, -0.2) is 0 Å². The Kier molecular flexibility index (Phi) is 6.00. The molecule has 0 saturated heterocycles. The molecule has 0 radical (unpaired) electrons. The van der Waals surface area contributed by atoms with Crippen LogP contribution in [-0.4, -0.2) is 10.2 Å². The molecule has 4 heteroatoms. The van der Waals surface area contributed by atoms with Crippen LogP contribution in [0.2, 0.25) is 0 Å². The fourth-order valence-electron chi connectivity index (χ4n) is 9.26. The molecule has 0 N–H and O–H groups in total. The lowest BCUT2D eigenvalue weighted by atomic mass is 9.82. The zero-order chi connectivity index (χ0) is 34.9. The lowest BCUT2D eigenvalue weighted by molar-refractivity contribution is -0.797. The van der Waals surface area contributed by atoms with Crippen molar-refractivity contribution in [3.8, 4) is 56.1 Å². The van der Waals surface area contributed by atoms with Gasteiger partial charge in [0.15, 0.2) is 0 Å². The third-order valence-corrected chi connectivity index (χ3v) is 12.1. The summed E-state index contributed by atoms with van der Waals surface area (Å²) in [6.45, 7) is 13.9. The number of hydrogen-bond donors (Lipinski definition) is 0. The van der Waals surface area contributed by atoms with E-state index in [-0.39, 0.29) is 16.2 Å². The first-order chi connectivity index (χ1) is 24.5. The molecule has 3 aliphatic rings. The van der Waals surface area contributed by atoms with Crippen molar-refractivity contribution in [3.05, 3.63) is 167 Å². The molecule has 0 unspecified atom stereocenters. The minimum absolute atomic E-state index is 0.116. The lowest BCUT2D eigenvalue weighted by Crippen LogP contribution is -2.50. The number of rotatable bonds is 3. The Labute approximate surface area is 299 Å². The Bertz CT molecular complexity index is 2330. The molecular weight excluding hydrogens is 621 g/mol. The zero-order valence-corrected chi connectivity index (χ0v) is 30.0. The highest BCUT2D eigenvalue weighted by Crippen LogP contribution is 2.51. The van der Waals surface area contributed by atoms with Crippen LogP contribution >= 0.6 is 0 Å². The van der Waals surface area contributed by atoms with Crippen LogP contribution in [0.5, 0.6) is 0 Å². The van der Waals surface area contributed by atoms with E-state index >= 15 is 0 Å². The molecule has 0 fully saturated rings. The van der Waals surface area contributed by atoms with Crippen LogP contribution in [0.25, 0.3) is 56.1 Å². The molecule has 0 atom stereocenters. The Morgan fingerprint density at radius 3 is 1.16 bits per heavy atom. The van der Waals surface area contributed by atoms with Gasteiger partial charge in [0.25, 0.3) is 5.82 Å². The largest absolute Gasteiger partial charge is 0.469 e. The maximum absolute atomic E-state index is 5.26. The van der Waals surface area contributed by atoms with E-state index in [1.165, 1.54) is 66.8 Å². The second-order valence-electron chi connectivity index (χ2n) is 16.1. The Hall–Kier alpha value is -5.74. The molecule has 246 valence electrons. The third kappa shape index (κ3) is 4.14. The zero-order valence-electron chi connectivity index (χ0n) is 30.0. The molecule has 0 saturated carbocycles. The van der Waals surface area contributed by atoms with Gasteiger partial charge in [-0.2, -0.15) is 0 Å². The lowest BCUT2D eigenvalue weighted by Gasteiger charge is -2.21. The quantitative estimate of drug-likeness (QED) is 0.177. The SMILES string of the molecule is CC1(C)c2ccccc2-c2ccc(-c3n[n+](-c4ccc5c(c4)C(C)(C)c4ccccc4-5)c[n+](-c4ccc5c(c4)C(C)(C)c4ccccc4-5)n3)cc21. The number of benzene rings is 6. The molecule has 7 aromatic rings. The summed E-state index contributed by atoms with van der Waals surface area (Å²) in [7, 11) is 0. The molecule has 3 aliphatic carbocycles. The Morgan fingerprint density at radius 1 is 0.373 bits per heavy atom. The van der Waals surface area contributed by atoms with Crippen LogP contribution in [0.4, 0.5) is 0 Å². The second-order valence-corrected chi connectivity index (χ2v) is 16.1. The first-order valence-electron chi connectivity index (χ1n) is 18.0. The molecule has 1 heterocycles. The Morgan fingerprint density at radius 2 is 0.725 bits per heavy atom.